The van der Waals surface area contributed by atoms with E-state index in [-0.39, 0.29) is 0 Å². The Morgan fingerprint density at radius 1 is 1.33 bits per heavy atom. The minimum atomic E-state index is -1.45. The summed E-state index contributed by atoms with van der Waals surface area (Å²) in [6, 6.07) is 5.84. The summed E-state index contributed by atoms with van der Waals surface area (Å²) < 4.78 is 0. The lowest BCUT2D eigenvalue weighted by molar-refractivity contribution is -0.309. The number of urea groups is 1. The zero-order valence-corrected chi connectivity index (χ0v) is 13.3. The Labute approximate surface area is 137 Å². The molecule has 1 aromatic heterocycles. The molecule has 7 nitrogen and oxygen atoms in total. The molecule has 24 heavy (non-hydrogen) atoms. The van der Waals surface area contributed by atoms with Crippen molar-refractivity contribution in [2.24, 2.45) is 0 Å². The number of fused-ring (bicyclic) bond motifs is 5. The molecule has 1 saturated heterocycles. The van der Waals surface area contributed by atoms with E-state index in [0.29, 0.717) is 18.7 Å². The summed E-state index contributed by atoms with van der Waals surface area (Å²) in [5, 5.41) is 12.2. The van der Waals surface area contributed by atoms with E-state index in [1.54, 1.807) is 6.92 Å². The third kappa shape index (κ3) is 1.59. The number of nitrogens with zero attached hydrogens (tertiary/aromatic N) is 2. The lowest BCUT2D eigenvalue weighted by atomic mass is 9.87. The molecule has 7 heteroatoms. The molecule has 1 fully saturated rings. The highest BCUT2D eigenvalue weighted by molar-refractivity contribution is 6.10. The number of H-pyrrole nitrogens is 1. The van der Waals surface area contributed by atoms with Crippen molar-refractivity contribution in [3.63, 3.8) is 0 Å². The van der Waals surface area contributed by atoms with Gasteiger partial charge in [0.1, 0.15) is 0 Å². The molecular formula is C17H16N3O4-. The molecule has 0 unspecified atom stereocenters. The van der Waals surface area contributed by atoms with Crippen LogP contribution in [0.4, 0.5) is 4.79 Å². The first-order valence-corrected chi connectivity index (χ1v) is 7.83. The van der Waals surface area contributed by atoms with E-state index in [9.17, 15) is 19.5 Å². The highest BCUT2D eigenvalue weighted by atomic mass is 16.4. The van der Waals surface area contributed by atoms with Crippen molar-refractivity contribution in [2.75, 3.05) is 6.54 Å². The normalized spacial score (nSPS) is 24.2. The van der Waals surface area contributed by atoms with Crippen LogP contribution < -0.4 is 5.11 Å². The number of carbonyl (C=O) groups is 3. The van der Waals surface area contributed by atoms with E-state index in [2.05, 4.69) is 4.98 Å². The van der Waals surface area contributed by atoms with Crippen molar-refractivity contribution in [3.05, 3.63) is 35.5 Å². The molecule has 0 radical (unpaired) electrons. The van der Waals surface area contributed by atoms with Gasteiger partial charge >= 0.3 is 6.03 Å². The molecule has 4 rings (SSSR count). The van der Waals surface area contributed by atoms with Crippen LogP contribution in [0, 0.1) is 0 Å². The van der Waals surface area contributed by atoms with Crippen molar-refractivity contribution in [3.8, 4) is 0 Å². The van der Waals surface area contributed by atoms with Crippen LogP contribution in [0.1, 0.15) is 25.1 Å². The number of rotatable bonds is 2. The SMILES string of the molecule is C[C@H](C(=O)[O-])N1C(=O)N2CCc3c([nH]c4ccccc34)[C@]2(C)C1=O. The number of aromatic amines is 1. The molecule has 2 aliphatic heterocycles. The fourth-order valence-electron chi connectivity index (χ4n) is 3.87. The second-order valence-electron chi connectivity index (χ2n) is 6.45. The smallest absolute Gasteiger partial charge is 0.328 e. The van der Waals surface area contributed by atoms with Crippen molar-refractivity contribution in [1.29, 1.82) is 0 Å². The van der Waals surface area contributed by atoms with Gasteiger partial charge in [0.2, 0.25) is 0 Å². The minimum Gasteiger partial charge on any atom is -0.548 e. The number of carboxylic acid groups (broad SMARTS) is 1. The number of nitrogens with one attached hydrogen (secondary N) is 1. The molecule has 0 bridgehead atoms. The van der Waals surface area contributed by atoms with E-state index >= 15 is 0 Å². The first-order valence-electron chi connectivity index (χ1n) is 7.83. The van der Waals surface area contributed by atoms with Gasteiger partial charge in [0, 0.05) is 17.4 Å². The van der Waals surface area contributed by atoms with Gasteiger partial charge in [-0.1, -0.05) is 18.2 Å². The first kappa shape index (κ1) is 14.7. The van der Waals surface area contributed by atoms with Gasteiger partial charge in [-0.05, 0) is 31.9 Å². The summed E-state index contributed by atoms with van der Waals surface area (Å²) in [5.74, 6) is -1.98. The van der Waals surface area contributed by atoms with Gasteiger partial charge in [-0.25, -0.2) is 4.79 Å². The van der Waals surface area contributed by atoms with Gasteiger partial charge < -0.3 is 19.8 Å². The van der Waals surface area contributed by atoms with E-state index in [1.165, 1.54) is 11.8 Å². The summed E-state index contributed by atoms with van der Waals surface area (Å²) in [5.41, 5.74) is 1.36. The lowest BCUT2D eigenvalue weighted by Gasteiger charge is -2.36. The minimum absolute atomic E-state index is 0.367. The molecule has 0 aliphatic carbocycles. The zero-order chi connectivity index (χ0) is 17.2. The van der Waals surface area contributed by atoms with Crippen LogP contribution in [-0.2, 0) is 21.5 Å². The van der Waals surface area contributed by atoms with E-state index in [1.807, 2.05) is 24.3 Å². The molecule has 0 spiro atoms. The van der Waals surface area contributed by atoms with Gasteiger partial charge in [0.15, 0.2) is 5.54 Å². The van der Waals surface area contributed by atoms with Gasteiger partial charge in [-0.2, -0.15) is 0 Å². The van der Waals surface area contributed by atoms with Crippen molar-refractivity contribution >= 4 is 28.8 Å². The van der Waals surface area contributed by atoms with Crippen LogP contribution in [-0.4, -0.2) is 45.3 Å². The molecule has 3 heterocycles. The number of benzene rings is 1. The number of amides is 3. The highest BCUT2D eigenvalue weighted by Gasteiger charge is 2.59. The maximum absolute atomic E-state index is 13.0. The van der Waals surface area contributed by atoms with Crippen LogP contribution in [0.2, 0.25) is 0 Å². The maximum Gasteiger partial charge on any atom is 0.328 e. The Morgan fingerprint density at radius 2 is 2.04 bits per heavy atom. The number of hydrogen-bond acceptors (Lipinski definition) is 4. The zero-order valence-electron chi connectivity index (χ0n) is 13.3. The number of carboxylic acids is 1. The molecular weight excluding hydrogens is 310 g/mol. The molecule has 2 aromatic rings. The van der Waals surface area contributed by atoms with Crippen LogP contribution in [0.5, 0.6) is 0 Å². The first-order chi connectivity index (χ1) is 11.4. The number of hydrogen-bond donors (Lipinski definition) is 1. The topological polar surface area (TPSA) is 96.5 Å². The second kappa shape index (κ2) is 4.59. The summed E-state index contributed by atoms with van der Waals surface area (Å²) in [6.07, 6.45) is 0.613. The second-order valence-corrected chi connectivity index (χ2v) is 6.45. The summed E-state index contributed by atoms with van der Waals surface area (Å²) in [6.45, 7) is 3.33. The van der Waals surface area contributed by atoms with Gasteiger partial charge in [0.05, 0.1) is 17.7 Å². The van der Waals surface area contributed by atoms with Crippen molar-refractivity contribution in [2.45, 2.75) is 31.8 Å². The Bertz CT molecular complexity index is 902. The highest BCUT2D eigenvalue weighted by Crippen LogP contribution is 2.44. The molecule has 1 aromatic carbocycles. The maximum atomic E-state index is 13.0. The Balaban J connectivity index is 1.91. The quantitative estimate of drug-likeness (QED) is 0.805. The molecule has 2 aliphatic rings. The predicted octanol–water partition coefficient (Wildman–Crippen LogP) is 0.342. The van der Waals surface area contributed by atoms with E-state index < -0.39 is 29.5 Å². The van der Waals surface area contributed by atoms with Crippen LogP contribution in [0.3, 0.4) is 0 Å². The predicted molar refractivity (Wildman–Crippen MR) is 82.8 cm³/mol. The largest absolute Gasteiger partial charge is 0.548 e. The number of para-hydroxylation sites is 1. The third-order valence-electron chi connectivity index (χ3n) is 5.23. The Kier molecular flexibility index (Phi) is 2.82. The van der Waals surface area contributed by atoms with Gasteiger partial charge in [-0.3, -0.25) is 9.69 Å². The number of carbonyl (C=O) groups excluding carboxylic acids is 3. The monoisotopic (exact) mass is 326 g/mol. The summed E-state index contributed by atoms with van der Waals surface area (Å²) in [4.78, 5) is 42.4. The number of aliphatic carboxylic acids is 1. The van der Waals surface area contributed by atoms with Crippen LogP contribution >= 0.6 is 0 Å². The van der Waals surface area contributed by atoms with Crippen LogP contribution in [0.25, 0.3) is 10.9 Å². The molecule has 0 saturated carbocycles. The van der Waals surface area contributed by atoms with Crippen molar-refractivity contribution < 1.29 is 19.5 Å². The average molecular weight is 326 g/mol. The van der Waals surface area contributed by atoms with Crippen LogP contribution in [0.15, 0.2) is 24.3 Å². The van der Waals surface area contributed by atoms with Crippen molar-refractivity contribution in [1.82, 2.24) is 14.8 Å². The average Bonchev–Trinajstić information content (AvgIpc) is 3.02. The van der Waals surface area contributed by atoms with E-state index in [0.717, 1.165) is 21.4 Å². The molecule has 124 valence electrons. The Morgan fingerprint density at radius 3 is 2.75 bits per heavy atom. The Hall–Kier alpha value is -2.83. The van der Waals surface area contributed by atoms with E-state index in [4.69, 9.17) is 0 Å². The molecule has 3 amide bonds. The lowest BCUT2D eigenvalue weighted by Crippen LogP contribution is -2.50. The van der Waals surface area contributed by atoms with Gasteiger partial charge in [-0.15, -0.1) is 0 Å². The number of aromatic nitrogens is 1. The number of imide groups is 1. The fourth-order valence-corrected chi connectivity index (χ4v) is 3.87. The molecule has 1 N–H and O–H groups in total. The van der Waals surface area contributed by atoms with Gasteiger partial charge in [0.25, 0.3) is 5.91 Å². The fraction of sp³-hybridized carbons (Fsp3) is 0.353. The summed E-state index contributed by atoms with van der Waals surface area (Å²) >= 11 is 0. The standard InChI is InChI=1S/C17H17N3O4/c1-9(14(21)22)20-15(23)17(2)13-11(7-8-19(17)16(20)24)10-5-3-4-6-12(10)18-13/h3-6,9,18H,7-8H2,1-2H3,(H,21,22)/p-1/t9-,17-/m1/s1. The molecule has 2 atom stereocenters. The summed E-state index contributed by atoms with van der Waals surface area (Å²) in [7, 11) is 0. The third-order valence-corrected chi connectivity index (χ3v) is 5.23.